The van der Waals surface area contributed by atoms with Crippen LogP contribution in [0.3, 0.4) is 0 Å². The van der Waals surface area contributed by atoms with Gasteiger partial charge >= 0.3 is 0 Å². The third kappa shape index (κ3) is 3.45. The molecule has 0 aromatic heterocycles. The van der Waals surface area contributed by atoms with Gasteiger partial charge in [-0.1, -0.05) is 48.0 Å². The summed E-state index contributed by atoms with van der Waals surface area (Å²) in [4.78, 5) is 39.0. The molecule has 1 saturated heterocycles. The number of anilines is 1. The molecule has 2 aliphatic rings. The van der Waals surface area contributed by atoms with Gasteiger partial charge in [-0.05, 0) is 42.7 Å². The predicted molar refractivity (Wildman–Crippen MR) is 107 cm³/mol. The summed E-state index contributed by atoms with van der Waals surface area (Å²) in [7, 11) is 0. The standard InChI is InChI=1S/C22H19ClN2O3/c23-16-8-11-18-19(12-16)22(28)25(21(18)27)17-9-6-15(7-10-17)20(26)24-13-14-4-2-1-3-5-14/h1-10,18-19H,11-13H2,(H,24,26)/t18-,19-/m0/s1. The average Bonchev–Trinajstić information content (AvgIpc) is 2.97. The number of benzene rings is 2. The lowest BCUT2D eigenvalue weighted by Crippen LogP contribution is -2.31. The van der Waals surface area contributed by atoms with Crippen molar-refractivity contribution in [2.75, 3.05) is 4.90 Å². The highest BCUT2D eigenvalue weighted by atomic mass is 35.5. The zero-order valence-corrected chi connectivity index (χ0v) is 15.9. The first kappa shape index (κ1) is 18.4. The molecule has 1 aliphatic carbocycles. The van der Waals surface area contributed by atoms with Crippen molar-refractivity contribution in [2.24, 2.45) is 11.8 Å². The molecule has 4 rings (SSSR count). The van der Waals surface area contributed by atoms with Crippen molar-refractivity contribution in [3.8, 4) is 0 Å². The van der Waals surface area contributed by atoms with Crippen LogP contribution in [0.5, 0.6) is 0 Å². The van der Waals surface area contributed by atoms with E-state index in [1.807, 2.05) is 36.4 Å². The van der Waals surface area contributed by atoms with Crippen LogP contribution in [0.15, 0.2) is 65.7 Å². The van der Waals surface area contributed by atoms with Gasteiger partial charge < -0.3 is 5.32 Å². The Morgan fingerprint density at radius 2 is 1.68 bits per heavy atom. The average molecular weight is 395 g/mol. The Bertz CT molecular complexity index is 954. The molecule has 2 atom stereocenters. The number of fused-ring (bicyclic) bond motifs is 1. The largest absolute Gasteiger partial charge is 0.348 e. The van der Waals surface area contributed by atoms with Crippen LogP contribution >= 0.6 is 11.6 Å². The van der Waals surface area contributed by atoms with Crippen molar-refractivity contribution in [3.05, 3.63) is 76.8 Å². The highest BCUT2D eigenvalue weighted by Gasteiger charge is 2.48. The van der Waals surface area contributed by atoms with Gasteiger partial charge in [0.15, 0.2) is 0 Å². The summed E-state index contributed by atoms with van der Waals surface area (Å²) in [5.74, 6) is -1.36. The monoisotopic (exact) mass is 394 g/mol. The summed E-state index contributed by atoms with van der Waals surface area (Å²) in [5, 5.41) is 3.49. The lowest BCUT2D eigenvalue weighted by molar-refractivity contribution is -0.122. The summed E-state index contributed by atoms with van der Waals surface area (Å²) in [6, 6.07) is 16.2. The molecule has 0 saturated carbocycles. The maximum absolute atomic E-state index is 12.7. The third-order valence-electron chi connectivity index (χ3n) is 5.25. The van der Waals surface area contributed by atoms with Gasteiger partial charge in [0.05, 0.1) is 17.5 Å². The molecule has 142 valence electrons. The van der Waals surface area contributed by atoms with E-state index in [1.165, 1.54) is 4.90 Å². The second-order valence-corrected chi connectivity index (χ2v) is 7.52. The van der Waals surface area contributed by atoms with Gasteiger partial charge in [-0.2, -0.15) is 0 Å². The molecule has 6 heteroatoms. The van der Waals surface area contributed by atoms with Crippen molar-refractivity contribution in [1.29, 1.82) is 0 Å². The summed E-state index contributed by atoms with van der Waals surface area (Å²) >= 11 is 6.05. The number of allylic oxidation sites excluding steroid dienone is 2. The van der Waals surface area contributed by atoms with Crippen LogP contribution in [0.1, 0.15) is 28.8 Å². The normalized spacial score (nSPS) is 21.3. The predicted octanol–water partition coefficient (Wildman–Crippen LogP) is 3.64. The van der Waals surface area contributed by atoms with Gasteiger partial charge in [0.1, 0.15) is 0 Å². The molecular formula is C22H19ClN2O3. The lowest BCUT2D eigenvalue weighted by atomic mass is 9.85. The molecular weight excluding hydrogens is 376 g/mol. The van der Waals surface area contributed by atoms with Crippen molar-refractivity contribution in [3.63, 3.8) is 0 Å². The first-order valence-corrected chi connectivity index (χ1v) is 9.57. The van der Waals surface area contributed by atoms with E-state index < -0.39 is 0 Å². The highest BCUT2D eigenvalue weighted by Crippen LogP contribution is 2.40. The van der Waals surface area contributed by atoms with Gasteiger partial charge in [-0.3, -0.25) is 19.3 Å². The maximum Gasteiger partial charge on any atom is 0.251 e. The summed E-state index contributed by atoms with van der Waals surface area (Å²) in [6.45, 7) is 0.432. The number of imide groups is 1. The Hall–Kier alpha value is -2.92. The maximum atomic E-state index is 12.7. The number of halogens is 1. The second-order valence-electron chi connectivity index (χ2n) is 7.03. The van der Waals surface area contributed by atoms with Gasteiger partial charge in [-0.15, -0.1) is 0 Å². The molecule has 5 nitrogen and oxygen atoms in total. The number of amides is 3. The van der Waals surface area contributed by atoms with E-state index in [9.17, 15) is 14.4 Å². The fourth-order valence-corrected chi connectivity index (χ4v) is 3.98. The molecule has 2 aromatic carbocycles. The molecule has 28 heavy (non-hydrogen) atoms. The minimum atomic E-state index is -0.390. The van der Waals surface area contributed by atoms with Crippen LogP contribution in [-0.4, -0.2) is 17.7 Å². The van der Waals surface area contributed by atoms with Crippen molar-refractivity contribution >= 4 is 35.0 Å². The minimum Gasteiger partial charge on any atom is -0.348 e. The molecule has 0 spiro atoms. The van der Waals surface area contributed by atoms with Gasteiger partial charge in [0.2, 0.25) is 11.8 Å². The number of hydrogen-bond donors (Lipinski definition) is 1. The van der Waals surface area contributed by atoms with Crippen molar-refractivity contribution in [1.82, 2.24) is 5.32 Å². The molecule has 1 fully saturated rings. The highest BCUT2D eigenvalue weighted by molar-refractivity contribution is 6.30. The summed E-state index contributed by atoms with van der Waals surface area (Å²) in [6.07, 6.45) is 2.72. The Morgan fingerprint density at radius 1 is 1.00 bits per heavy atom. The van der Waals surface area contributed by atoms with E-state index in [-0.39, 0.29) is 29.6 Å². The quantitative estimate of drug-likeness (QED) is 0.805. The van der Waals surface area contributed by atoms with Crippen LogP contribution in [0.2, 0.25) is 0 Å². The van der Waals surface area contributed by atoms with Crippen LogP contribution in [0, 0.1) is 11.8 Å². The van der Waals surface area contributed by atoms with Crippen LogP contribution < -0.4 is 10.2 Å². The minimum absolute atomic E-state index is 0.198. The number of hydrogen-bond acceptors (Lipinski definition) is 3. The molecule has 1 N–H and O–H groups in total. The number of nitrogens with zero attached hydrogens (tertiary/aromatic N) is 1. The second kappa shape index (κ2) is 7.60. The number of carbonyl (C=O) groups is 3. The molecule has 0 bridgehead atoms. The third-order valence-corrected chi connectivity index (χ3v) is 5.56. The first-order valence-electron chi connectivity index (χ1n) is 9.19. The topological polar surface area (TPSA) is 66.5 Å². The Balaban J connectivity index is 1.45. The van der Waals surface area contributed by atoms with E-state index in [1.54, 1.807) is 24.3 Å². The number of nitrogens with one attached hydrogen (secondary N) is 1. The van der Waals surface area contributed by atoms with E-state index in [2.05, 4.69) is 5.32 Å². The molecule has 1 heterocycles. The summed E-state index contributed by atoms with van der Waals surface area (Å²) in [5.41, 5.74) is 1.97. The van der Waals surface area contributed by atoms with Gasteiger partial charge in [0, 0.05) is 17.1 Å². The fourth-order valence-electron chi connectivity index (χ4n) is 3.72. The Labute approximate surface area is 168 Å². The van der Waals surface area contributed by atoms with Crippen LogP contribution in [0.25, 0.3) is 0 Å². The molecule has 1 aliphatic heterocycles. The van der Waals surface area contributed by atoms with E-state index >= 15 is 0 Å². The zero-order valence-electron chi connectivity index (χ0n) is 15.1. The van der Waals surface area contributed by atoms with Crippen LogP contribution in [0.4, 0.5) is 5.69 Å². The van der Waals surface area contributed by atoms with Crippen molar-refractivity contribution in [2.45, 2.75) is 19.4 Å². The van der Waals surface area contributed by atoms with E-state index in [0.29, 0.717) is 35.7 Å². The first-order chi connectivity index (χ1) is 13.5. The van der Waals surface area contributed by atoms with Gasteiger partial charge in [0.25, 0.3) is 5.91 Å². The smallest absolute Gasteiger partial charge is 0.251 e. The fraction of sp³-hybridized carbons (Fsp3) is 0.227. The number of rotatable bonds is 4. The molecule has 3 amide bonds. The van der Waals surface area contributed by atoms with Crippen molar-refractivity contribution < 1.29 is 14.4 Å². The van der Waals surface area contributed by atoms with E-state index in [4.69, 9.17) is 11.6 Å². The summed E-state index contributed by atoms with van der Waals surface area (Å²) < 4.78 is 0. The number of carbonyl (C=O) groups excluding carboxylic acids is 3. The SMILES string of the molecule is O=C(NCc1ccccc1)c1ccc(N2C(=O)[C@H]3CC=C(Cl)C[C@@H]3C2=O)cc1. The Kier molecular flexibility index (Phi) is 5.01. The zero-order chi connectivity index (χ0) is 19.7. The lowest BCUT2D eigenvalue weighted by Gasteiger charge is -2.17. The molecule has 0 radical (unpaired) electrons. The van der Waals surface area contributed by atoms with Gasteiger partial charge in [-0.25, -0.2) is 0 Å². The molecule has 0 unspecified atom stereocenters. The molecule has 2 aromatic rings. The Morgan fingerprint density at radius 3 is 2.39 bits per heavy atom. The van der Waals surface area contributed by atoms with Crippen LogP contribution in [-0.2, 0) is 16.1 Å². The van der Waals surface area contributed by atoms with E-state index in [0.717, 1.165) is 5.56 Å².